The van der Waals surface area contributed by atoms with Crippen LogP contribution in [0.4, 0.5) is 17.1 Å². The monoisotopic (exact) mass is 545 g/mol. The molecule has 0 amide bonds. The summed E-state index contributed by atoms with van der Waals surface area (Å²) in [6.07, 6.45) is 12.9. The predicted molar refractivity (Wildman–Crippen MR) is 157 cm³/mol. The average Bonchev–Trinajstić information content (AvgIpc) is 2.96. The van der Waals surface area contributed by atoms with Crippen LogP contribution in [0.3, 0.4) is 0 Å². The molecule has 0 saturated heterocycles. The summed E-state index contributed by atoms with van der Waals surface area (Å²) in [5, 5.41) is 19.0. The molecule has 3 rings (SSSR count). The molecule has 0 unspecified atom stereocenters. The van der Waals surface area contributed by atoms with Gasteiger partial charge in [0.25, 0.3) is 5.69 Å². The van der Waals surface area contributed by atoms with Crippen LogP contribution >= 0.6 is 0 Å². The predicted octanol–water partition coefficient (Wildman–Crippen LogP) is 9.84. The number of carbonyl (C=O) groups excluding carboxylic acids is 1. The molecule has 0 spiro atoms. The van der Waals surface area contributed by atoms with Gasteiger partial charge in [0.15, 0.2) is 0 Å². The molecule has 0 radical (unpaired) electrons. The fourth-order valence-electron chi connectivity index (χ4n) is 4.19. The number of esters is 1. The van der Waals surface area contributed by atoms with E-state index in [0.717, 1.165) is 17.7 Å². The molecule has 3 aromatic rings. The Hall–Kier alpha value is -4.07. The van der Waals surface area contributed by atoms with E-state index >= 15 is 0 Å². The molecule has 212 valence electrons. The Kier molecular flexibility index (Phi) is 12.8. The SMILES string of the molecule is CCCCCCCCCCCCOc1ccc(C(=O)Oc2ccc(N=Nc3ccc([N+](=O)[O-])cc3)cc2C)cc1. The number of non-ortho nitro benzene ring substituents is 1. The molecule has 0 aliphatic heterocycles. The van der Waals surface area contributed by atoms with E-state index in [1.807, 2.05) is 6.92 Å². The van der Waals surface area contributed by atoms with E-state index in [0.29, 0.717) is 29.3 Å². The number of carbonyl (C=O) groups is 1. The number of nitrogens with zero attached hydrogens (tertiary/aromatic N) is 3. The van der Waals surface area contributed by atoms with Crippen LogP contribution in [0, 0.1) is 17.0 Å². The zero-order valence-electron chi connectivity index (χ0n) is 23.5. The molecule has 0 aliphatic carbocycles. The number of hydrogen-bond acceptors (Lipinski definition) is 7. The van der Waals surface area contributed by atoms with Crippen LogP contribution < -0.4 is 9.47 Å². The van der Waals surface area contributed by atoms with Crippen molar-refractivity contribution >= 4 is 23.0 Å². The molecule has 0 N–H and O–H groups in total. The van der Waals surface area contributed by atoms with Crippen LogP contribution in [-0.4, -0.2) is 17.5 Å². The lowest BCUT2D eigenvalue weighted by Gasteiger charge is -2.09. The lowest BCUT2D eigenvalue weighted by Crippen LogP contribution is -2.09. The summed E-state index contributed by atoms with van der Waals surface area (Å²) >= 11 is 0. The van der Waals surface area contributed by atoms with E-state index in [-0.39, 0.29) is 5.69 Å². The van der Waals surface area contributed by atoms with Crippen LogP contribution in [0.25, 0.3) is 0 Å². The Morgan fingerprint density at radius 1 is 0.775 bits per heavy atom. The Labute approximate surface area is 236 Å². The van der Waals surface area contributed by atoms with Crippen LogP contribution in [-0.2, 0) is 0 Å². The minimum absolute atomic E-state index is 0.00697. The van der Waals surface area contributed by atoms with Crippen LogP contribution in [0.1, 0.15) is 87.1 Å². The first-order valence-corrected chi connectivity index (χ1v) is 14.2. The van der Waals surface area contributed by atoms with Crippen LogP contribution in [0.2, 0.25) is 0 Å². The molecule has 8 heteroatoms. The first-order chi connectivity index (χ1) is 19.5. The van der Waals surface area contributed by atoms with Crippen molar-refractivity contribution in [3.63, 3.8) is 0 Å². The minimum atomic E-state index is -0.466. The third kappa shape index (κ3) is 10.6. The molecule has 0 heterocycles. The first-order valence-electron chi connectivity index (χ1n) is 14.2. The molecule has 0 bridgehead atoms. The molecule has 0 saturated carbocycles. The molecular formula is C32H39N3O5. The van der Waals surface area contributed by atoms with E-state index in [1.165, 1.54) is 82.1 Å². The number of hydrogen-bond donors (Lipinski definition) is 0. The summed E-state index contributed by atoms with van der Waals surface area (Å²) in [6.45, 7) is 4.74. The number of nitro groups is 1. The smallest absolute Gasteiger partial charge is 0.343 e. The lowest BCUT2D eigenvalue weighted by molar-refractivity contribution is -0.384. The summed E-state index contributed by atoms with van der Waals surface area (Å²) in [4.78, 5) is 23.0. The summed E-state index contributed by atoms with van der Waals surface area (Å²) < 4.78 is 11.4. The van der Waals surface area contributed by atoms with Gasteiger partial charge in [-0.05, 0) is 73.5 Å². The molecule has 40 heavy (non-hydrogen) atoms. The van der Waals surface area contributed by atoms with Gasteiger partial charge in [-0.25, -0.2) is 4.79 Å². The van der Waals surface area contributed by atoms with Gasteiger partial charge in [0.2, 0.25) is 0 Å². The van der Waals surface area contributed by atoms with Crippen molar-refractivity contribution in [1.82, 2.24) is 0 Å². The Balaban J connectivity index is 1.39. The maximum atomic E-state index is 12.7. The van der Waals surface area contributed by atoms with E-state index < -0.39 is 10.9 Å². The van der Waals surface area contributed by atoms with Crippen molar-refractivity contribution in [2.45, 2.75) is 78.1 Å². The average molecular weight is 546 g/mol. The van der Waals surface area contributed by atoms with Gasteiger partial charge in [0.1, 0.15) is 11.5 Å². The second kappa shape index (κ2) is 16.8. The molecule has 8 nitrogen and oxygen atoms in total. The van der Waals surface area contributed by atoms with E-state index in [2.05, 4.69) is 17.2 Å². The highest BCUT2D eigenvalue weighted by Gasteiger charge is 2.11. The maximum absolute atomic E-state index is 12.7. The first kappa shape index (κ1) is 30.5. The normalized spacial score (nSPS) is 11.1. The van der Waals surface area contributed by atoms with Gasteiger partial charge < -0.3 is 9.47 Å². The zero-order chi connectivity index (χ0) is 28.6. The van der Waals surface area contributed by atoms with Gasteiger partial charge >= 0.3 is 5.97 Å². The summed E-state index contributed by atoms with van der Waals surface area (Å²) in [5.41, 5.74) is 2.22. The third-order valence-electron chi connectivity index (χ3n) is 6.56. The molecular weight excluding hydrogens is 506 g/mol. The second-order valence-electron chi connectivity index (χ2n) is 9.87. The topological polar surface area (TPSA) is 103 Å². The van der Waals surface area contributed by atoms with Crippen molar-refractivity contribution in [2.24, 2.45) is 10.2 Å². The van der Waals surface area contributed by atoms with Crippen molar-refractivity contribution in [3.8, 4) is 11.5 Å². The largest absolute Gasteiger partial charge is 0.494 e. The van der Waals surface area contributed by atoms with Crippen molar-refractivity contribution in [3.05, 3.63) is 88.0 Å². The molecule has 0 aliphatic rings. The van der Waals surface area contributed by atoms with Crippen molar-refractivity contribution in [2.75, 3.05) is 6.61 Å². The number of azo groups is 1. The van der Waals surface area contributed by atoms with Gasteiger partial charge in [0.05, 0.1) is 28.5 Å². The molecule has 0 fully saturated rings. The Bertz CT molecular complexity index is 1240. The van der Waals surface area contributed by atoms with Gasteiger partial charge in [-0.3, -0.25) is 10.1 Å². The van der Waals surface area contributed by atoms with Gasteiger partial charge in [-0.1, -0.05) is 64.7 Å². The van der Waals surface area contributed by atoms with Crippen LogP contribution in [0.5, 0.6) is 11.5 Å². The highest BCUT2D eigenvalue weighted by Crippen LogP contribution is 2.27. The summed E-state index contributed by atoms with van der Waals surface area (Å²) in [7, 11) is 0. The number of ether oxygens (including phenoxy) is 2. The van der Waals surface area contributed by atoms with Gasteiger partial charge in [-0.2, -0.15) is 10.2 Å². The quantitative estimate of drug-likeness (QED) is 0.0419. The minimum Gasteiger partial charge on any atom is -0.494 e. The van der Waals surface area contributed by atoms with Gasteiger partial charge in [-0.15, -0.1) is 0 Å². The highest BCUT2D eigenvalue weighted by molar-refractivity contribution is 5.91. The van der Waals surface area contributed by atoms with E-state index in [9.17, 15) is 14.9 Å². The second-order valence-corrected chi connectivity index (χ2v) is 9.87. The molecule has 0 atom stereocenters. The van der Waals surface area contributed by atoms with E-state index in [1.54, 1.807) is 42.5 Å². The number of rotatable bonds is 17. The fourth-order valence-corrected chi connectivity index (χ4v) is 4.19. The standard InChI is InChI=1S/C32H39N3O5/c1-3-4-5-6-7-8-9-10-11-12-23-39-30-20-13-26(14-21-30)32(36)40-31-22-17-28(24-25(31)2)34-33-27-15-18-29(19-16-27)35(37)38/h13-22,24H,3-12,23H2,1-2H3. The van der Waals surface area contributed by atoms with Crippen molar-refractivity contribution < 1.29 is 19.2 Å². The number of aryl methyl sites for hydroxylation is 1. The fraction of sp³-hybridized carbons (Fsp3) is 0.406. The summed E-state index contributed by atoms with van der Waals surface area (Å²) in [6, 6.07) is 17.9. The number of nitro benzene ring substituents is 1. The number of unbranched alkanes of at least 4 members (excludes halogenated alkanes) is 9. The molecule has 3 aromatic carbocycles. The maximum Gasteiger partial charge on any atom is 0.343 e. The summed E-state index contributed by atoms with van der Waals surface area (Å²) in [5.74, 6) is 0.719. The van der Waals surface area contributed by atoms with Crippen LogP contribution in [0.15, 0.2) is 77.0 Å². The third-order valence-corrected chi connectivity index (χ3v) is 6.56. The number of benzene rings is 3. The van der Waals surface area contributed by atoms with Crippen molar-refractivity contribution in [1.29, 1.82) is 0 Å². The molecule has 0 aromatic heterocycles. The van der Waals surface area contributed by atoms with Gasteiger partial charge in [0, 0.05) is 12.1 Å². The van der Waals surface area contributed by atoms with E-state index in [4.69, 9.17) is 9.47 Å². The Morgan fingerprint density at radius 3 is 1.95 bits per heavy atom. The lowest BCUT2D eigenvalue weighted by atomic mass is 10.1. The zero-order valence-corrected chi connectivity index (χ0v) is 23.5. The highest BCUT2D eigenvalue weighted by atomic mass is 16.6. The Morgan fingerprint density at radius 2 is 1.35 bits per heavy atom.